The maximum absolute atomic E-state index is 5.21. The van der Waals surface area contributed by atoms with Gasteiger partial charge < -0.3 is 9.55 Å². The predicted molar refractivity (Wildman–Crippen MR) is 67.6 cm³/mol. The van der Waals surface area contributed by atoms with Crippen LogP contribution in [-0.4, -0.2) is 9.55 Å². The van der Waals surface area contributed by atoms with E-state index in [1.807, 2.05) is 35.9 Å². The summed E-state index contributed by atoms with van der Waals surface area (Å²) < 4.78 is 3.92. The highest BCUT2D eigenvalue weighted by atomic mass is 79.9. The molecule has 0 saturated heterocycles. The van der Waals surface area contributed by atoms with Gasteiger partial charge in [0.15, 0.2) is 4.77 Å². The number of aromatic amines is 1. The minimum absolute atomic E-state index is 0.767. The van der Waals surface area contributed by atoms with Crippen LogP contribution in [0.1, 0.15) is 11.3 Å². The zero-order valence-electron chi connectivity index (χ0n) is 8.33. The van der Waals surface area contributed by atoms with Gasteiger partial charge >= 0.3 is 0 Å². The summed E-state index contributed by atoms with van der Waals surface area (Å²) in [5, 5.41) is 0. The minimum Gasteiger partial charge on any atom is -0.335 e. The average Bonchev–Trinajstić information content (AvgIpc) is 2.49. The number of halogens is 1. The Hall–Kier alpha value is -0.870. The van der Waals surface area contributed by atoms with E-state index >= 15 is 0 Å². The summed E-state index contributed by atoms with van der Waals surface area (Å²) in [6.45, 7) is 2.80. The lowest BCUT2D eigenvalue weighted by Crippen LogP contribution is -1.98. The Labute approximate surface area is 102 Å². The van der Waals surface area contributed by atoms with E-state index in [0.717, 1.165) is 21.5 Å². The maximum Gasteiger partial charge on any atom is 0.177 e. The fraction of sp³-hybridized carbons (Fsp3) is 0.182. The van der Waals surface area contributed by atoms with E-state index in [4.69, 9.17) is 12.2 Å². The number of imidazole rings is 1. The maximum atomic E-state index is 5.21. The molecule has 1 aromatic carbocycles. The highest BCUT2D eigenvalue weighted by molar-refractivity contribution is 9.10. The number of aromatic nitrogens is 2. The molecule has 0 radical (unpaired) electrons. The third kappa shape index (κ3) is 2.38. The number of rotatable bonds is 2. The molecule has 0 amide bonds. The van der Waals surface area contributed by atoms with Crippen LogP contribution < -0.4 is 0 Å². The van der Waals surface area contributed by atoms with Gasteiger partial charge in [0.05, 0.1) is 6.54 Å². The van der Waals surface area contributed by atoms with Crippen molar-refractivity contribution in [2.45, 2.75) is 13.5 Å². The molecule has 0 saturated carbocycles. The van der Waals surface area contributed by atoms with Crippen molar-refractivity contribution < 1.29 is 0 Å². The molecule has 2 nitrogen and oxygen atoms in total. The van der Waals surface area contributed by atoms with Crippen molar-refractivity contribution in [3.8, 4) is 0 Å². The van der Waals surface area contributed by atoms with Crippen molar-refractivity contribution in [1.82, 2.24) is 9.55 Å². The summed E-state index contributed by atoms with van der Waals surface area (Å²) in [6, 6.07) is 8.17. The van der Waals surface area contributed by atoms with Gasteiger partial charge in [0.2, 0.25) is 0 Å². The Bertz CT molecular complexity index is 527. The third-order valence-corrected chi connectivity index (χ3v) is 3.32. The lowest BCUT2D eigenvalue weighted by molar-refractivity contribution is 0.781. The fourth-order valence-corrected chi connectivity index (χ4v) is 2.18. The zero-order valence-corrected chi connectivity index (χ0v) is 10.7. The summed E-state index contributed by atoms with van der Waals surface area (Å²) in [6.07, 6.45) is 2.03. The number of hydrogen-bond acceptors (Lipinski definition) is 1. The van der Waals surface area contributed by atoms with Crippen molar-refractivity contribution in [3.63, 3.8) is 0 Å². The SMILES string of the molecule is Cc1cn(Cc2ccccc2Br)c(=S)[nH]1. The second kappa shape index (κ2) is 4.33. The first-order chi connectivity index (χ1) is 7.16. The molecule has 1 aromatic heterocycles. The van der Waals surface area contributed by atoms with E-state index in [2.05, 4.69) is 27.0 Å². The van der Waals surface area contributed by atoms with Crippen molar-refractivity contribution in [2.24, 2.45) is 0 Å². The van der Waals surface area contributed by atoms with Crippen molar-refractivity contribution in [3.05, 3.63) is 51.0 Å². The van der Waals surface area contributed by atoms with Gasteiger partial charge in [0, 0.05) is 16.4 Å². The molecule has 0 atom stereocenters. The van der Waals surface area contributed by atoms with E-state index in [1.54, 1.807) is 0 Å². The third-order valence-electron chi connectivity index (χ3n) is 2.21. The predicted octanol–water partition coefficient (Wildman–Crippen LogP) is 3.66. The van der Waals surface area contributed by atoms with Gasteiger partial charge in [-0.05, 0) is 30.8 Å². The van der Waals surface area contributed by atoms with Crippen molar-refractivity contribution in [1.29, 1.82) is 0 Å². The average molecular weight is 283 g/mol. The molecule has 15 heavy (non-hydrogen) atoms. The lowest BCUT2D eigenvalue weighted by atomic mass is 10.2. The molecule has 0 aliphatic heterocycles. The number of H-pyrrole nitrogens is 1. The van der Waals surface area contributed by atoms with E-state index in [0.29, 0.717) is 0 Å². The van der Waals surface area contributed by atoms with E-state index in [9.17, 15) is 0 Å². The first-order valence-corrected chi connectivity index (χ1v) is 5.86. The molecular formula is C11H11BrN2S. The Morgan fingerprint density at radius 1 is 1.40 bits per heavy atom. The van der Waals surface area contributed by atoms with Crippen LogP contribution in [0.2, 0.25) is 0 Å². The monoisotopic (exact) mass is 282 g/mol. The molecule has 0 unspecified atom stereocenters. The Morgan fingerprint density at radius 2 is 2.13 bits per heavy atom. The van der Waals surface area contributed by atoms with Crippen LogP contribution in [0, 0.1) is 11.7 Å². The van der Waals surface area contributed by atoms with Gasteiger partial charge in [0.25, 0.3) is 0 Å². The number of nitrogens with zero attached hydrogens (tertiary/aromatic N) is 1. The molecule has 0 bridgehead atoms. The first-order valence-electron chi connectivity index (χ1n) is 4.66. The van der Waals surface area contributed by atoms with Crippen LogP contribution in [0.4, 0.5) is 0 Å². The number of hydrogen-bond donors (Lipinski definition) is 1. The van der Waals surface area contributed by atoms with Gasteiger partial charge in [-0.3, -0.25) is 0 Å². The normalized spacial score (nSPS) is 10.5. The molecule has 0 spiro atoms. The summed E-state index contributed by atoms with van der Waals surface area (Å²) in [4.78, 5) is 3.11. The van der Waals surface area contributed by atoms with Gasteiger partial charge in [-0.1, -0.05) is 34.1 Å². The second-order valence-corrected chi connectivity index (χ2v) is 4.70. The van der Waals surface area contributed by atoms with Crippen LogP contribution in [-0.2, 0) is 6.54 Å². The van der Waals surface area contributed by atoms with Crippen LogP contribution >= 0.6 is 28.1 Å². The van der Waals surface area contributed by atoms with Gasteiger partial charge in [0.1, 0.15) is 0 Å². The topological polar surface area (TPSA) is 20.7 Å². The summed E-state index contributed by atoms with van der Waals surface area (Å²) in [5.74, 6) is 0. The first kappa shape index (κ1) is 10.6. The van der Waals surface area contributed by atoms with Gasteiger partial charge in [-0.15, -0.1) is 0 Å². The van der Waals surface area contributed by atoms with Crippen molar-refractivity contribution >= 4 is 28.1 Å². The molecule has 2 rings (SSSR count). The van der Waals surface area contributed by atoms with Gasteiger partial charge in [-0.25, -0.2) is 0 Å². The minimum atomic E-state index is 0.767. The molecule has 78 valence electrons. The number of benzene rings is 1. The summed E-state index contributed by atoms with van der Waals surface area (Å²) in [7, 11) is 0. The van der Waals surface area contributed by atoms with E-state index in [1.165, 1.54) is 5.56 Å². The highest BCUT2D eigenvalue weighted by Gasteiger charge is 2.01. The van der Waals surface area contributed by atoms with Gasteiger partial charge in [-0.2, -0.15) is 0 Å². The molecule has 1 N–H and O–H groups in total. The molecule has 1 heterocycles. The Morgan fingerprint density at radius 3 is 2.73 bits per heavy atom. The quantitative estimate of drug-likeness (QED) is 0.834. The van der Waals surface area contributed by atoms with Crippen molar-refractivity contribution in [2.75, 3.05) is 0 Å². The van der Waals surface area contributed by atoms with Crippen LogP contribution in [0.3, 0.4) is 0 Å². The molecule has 2 aromatic rings. The smallest absolute Gasteiger partial charge is 0.177 e. The largest absolute Gasteiger partial charge is 0.335 e. The van der Waals surface area contributed by atoms with Crippen LogP contribution in [0.25, 0.3) is 0 Å². The van der Waals surface area contributed by atoms with Crippen LogP contribution in [0.15, 0.2) is 34.9 Å². The molecule has 4 heteroatoms. The van der Waals surface area contributed by atoms with E-state index in [-0.39, 0.29) is 0 Å². The summed E-state index contributed by atoms with van der Waals surface area (Å²) in [5.41, 5.74) is 2.32. The number of aryl methyl sites for hydroxylation is 1. The molecule has 0 aliphatic carbocycles. The zero-order chi connectivity index (χ0) is 10.8. The fourth-order valence-electron chi connectivity index (χ4n) is 1.49. The van der Waals surface area contributed by atoms with Crippen LogP contribution in [0.5, 0.6) is 0 Å². The standard InChI is InChI=1S/C11H11BrN2S/c1-8-6-14(11(15)13-8)7-9-4-2-3-5-10(9)12/h2-6H,7H2,1H3,(H,13,15). The second-order valence-electron chi connectivity index (χ2n) is 3.46. The Kier molecular flexibility index (Phi) is 3.07. The molecule has 0 aliphatic rings. The Balaban J connectivity index is 2.34. The lowest BCUT2D eigenvalue weighted by Gasteiger charge is -2.04. The summed E-state index contributed by atoms with van der Waals surface area (Å²) >= 11 is 8.73. The van der Waals surface area contributed by atoms with E-state index < -0.39 is 0 Å². The molecule has 0 fully saturated rings. The highest BCUT2D eigenvalue weighted by Crippen LogP contribution is 2.17. The number of nitrogens with one attached hydrogen (secondary N) is 1. The molecular weight excluding hydrogens is 272 g/mol.